The van der Waals surface area contributed by atoms with Gasteiger partial charge < -0.3 is 10.6 Å². The molecule has 0 saturated carbocycles. The van der Waals surface area contributed by atoms with E-state index in [9.17, 15) is 9.18 Å². The Morgan fingerprint density at radius 2 is 1.79 bits per heavy atom. The summed E-state index contributed by atoms with van der Waals surface area (Å²) < 4.78 is 12.9. The molecule has 1 amide bonds. The molecule has 0 radical (unpaired) electrons. The average molecular weight is 322 g/mol. The van der Waals surface area contributed by atoms with Gasteiger partial charge in [-0.3, -0.25) is 9.78 Å². The van der Waals surface area contributed by atoms with Gasteiger partial charge in [-0.2, -0.15) is 0 Å². The van der Waals surface area contributed by atoms with Gasteiger partial charge in [0.05, 0.1) is 11.9 Å². The van der Waals surface area contributed by atoms with Crippen molar-refractivity contribution in [1.29, 1.82) is 0 Å². The van der Waals surface area contributed by atoms with Gasteiger partial charge in [-0.25, -0.2) is 9.37 Å². The molecular weight excluding hydrogens is 307 g/mol. The highest BCUT2D eigenvalue weighted by Crippen LogP contribution is 2.12. The molecule has 0 aliphatic rings. The molecule has 0 atom stereocenters. The first-order chi connectivity index (χ1) is 11.7. The summed E-state index contributed by atoms with van der Waals surface area (Å²) in [5.74, 6) is -0.699. The molecule has 3 aromatic rings. The first-order valence-corrected chi connectivity index (χ1v) is 7.36. The SMILES string of the molecule is O=C(Nc1ccc(F)cc1)c1ccc(NCc2cccnc2)cn1. The van der Waals surface area contributed by atoms with Crippen LogP contribution < -0.4 is 10.6 Å². The minimum atomic E-state index is -0.352. The number of amides is 1. The summed E-state index contributed by atoms with van der Waals surface area (Å²) in [4.78, 5) is 20.3. The lowest BCUT2D eigenvalue weighted by atomic mass is 10.2. The number of pyridine rings is 2. The van der Waals surface area contributed by atoms with Gasteiger partial charge in [0.15, 0.2) is 0 Å². The van der Waals surface area contributed by atoms with E-state index >= 15 is 0 Å². The first-order valence-electron chi connectivity index (χ1n) is 7.36. The van der Waals surface area contributed by atoms with Crippen LogP contribution in [0.2, 0.25) is 0 Å². The molecular formula is C18H15FN4O. The highest BCUT2D eigenvalue weighted by Gasteiger charge is 2.07. The van der Waals surface area contributed by atoms with Crippen molar-refractivity contribution in [1.82, 2.24) is 9.97 Å². The number of rotatable bonds is 5. The Morgan fingerprint density at radius 3 is 2.46 bits per heavy atom. The molecule has 0 unspecified atom stereocenters. The van der Waals surface area contributed by atoms with E-state index in [1.807, 2.05) is 12.1 Å². The van der Waals surface area contributed by atoms with Crippen molar-refractivity contribution in [3.8, 4) is 0 Å². The quantitative estimate of drug-likeness (QED) is 0.755. The Hall–Kier alpha value is -3.28. The normalized spacial score (nSPS) is 10.2. The van der Waals surface area contributed by atoms with Crippen LogP contribution >= 0.6 is 0 Å². The third-order valence-corrected chi connectivity index (χ3v) is 3.32. The Balaban J connectivity index is 1.59. The highest BCUT2D eigenvalue weighted by molar-refractivity contribution is 6.02. The summed E-state index contributed by atoms with van der Waals surface area (Å²) in [6.45, 7) is 0.622. The van der Waals surface area contributed by atoms with Gasteiger partial charge in [-0.1, -0.05) is 6.07 Å². The maximum absolute atomic E-state index is 12.9. The van der Waals surface area contributed by atoms with E-state index < -0.39 is 0 Å². The maximum atomic E-state index is 12.9. The highest BCUT2D eigenvalue weighted by atomic mass is 19.1. The first kappa shape index (κ1) is 15.6. The van der Waals surface area contributed by atoms with Crippen LogP contribution in [-0.2, 0) is 6.54 Å². The number of halogens is 1. The number of aromatic nitrogens is 2. The minimum Gasteiger partial charge on any atom is -0.380 e. The molecule has 2 heterocycles. The smallest absolute Gasteiger partial charge is 0.274 e. The van der Waals surface area contributed by atoms with Crippen molar-refractivity contribution >= 4 is 17.3 Å². The standard InChI is InChI=1S/C18H15FN4O/c19-14-3-5-15(6-4-14)23-18(24)17-8-7-16(12-22-17)21-11-13-2-1-9-20-10-13/h1-10,12,21H,11H2,(H,23,24). The van der Waals surface area contributed by atoms with E-state index in [4.69, 9.17) is 0 Å². The van der Waals surface area contributed by atoms with E-state index in [0.717, 1.165) is 11.3 Å². The molecule has 24 heavy (non-hydrogen) atoms. The third kappa shape index (κ3) is 4.13. The molecule has 0 bridgehead atoms. The Kier molecular flexibility index (Phi) is 4.76. The minimum absolute atomic E-state index is 0.284. The predicted octanol–water partition coefficient (Wildman–Crippen LogP) is 3.48. The van der Waals surface area contributed by atoms with Crippen LogP contribution in [0.25, 0.3) is 0 Å². The summed E-state index contributed by atoms with van der Waals surface area (Å²) in [7, 11) is 0. The number of anilines is 2. The van der Waals surface area contributed by atoms with Crippen LogP contribution in [0.4, 0.5) is 15.8 Å². The molecule has 0 aliphatic heterocycles. The molecule has 0 saturated heterocycles. The molecule has 0 spiro atoms. The second kappa shape index (κ2) is 7.32. The summed E-state index contributed by atoms with van der Waals surface area (Å²) in [5, 5.41) is 5.87. The number of carbonyl (C=O) groups excluding carboxylic acids is 1. The van der Waals surface area contributed by atoms with E-state index in [1.165, 1.54) is 24.3 Å². The fourth-order valence-electron chi connectivity index (χ4n) is 2.07. The summed E-state index contributed by atoms with van der Waals surface area (Å²) in [5.41, 5.74) is 2.65. The van der Waals surface area contributed by atoms with E-state index in [2.05, 4.69) is 20.6 Å². The number of nitrogens with one attached hydrogen (secondary N) is 2. The van der Waals surface area contributed by atoms with Gasteiger partial charge in [0.2, 0.25) is 0 Å². The maximum Gasteiger partial charge on any atom is 0.274 e. The van der Waals surface area contributed by atoms with Crippen molar-refractivity contribution in [2.75, 3.05) is 10.6 Å². The van der Waals surface area contributed by atoms with Crippen molar-refractivity contribution in [2.45, 2.75) is 6.54 Å². The number of nitrogens with zero attached hydrogens (tertiary/aromatic N) is 2. The Morgan fingerprint density at radius 1 is 1.00 bits per heavy atom. The average Bonchev–Trinajstić information content (AvgIpc) is 2.63. The van der Waals surface area contributed by atoms with E-state index in [0.29, 0.717) is 12.2 Å². The van der Waals surface area contributed by atoms with Crippen molar-refractivity contribution < 1.29 is 9.18 Å². The van der Waals surface area contributed by atoms with E-state index in [1.54, 1.807) is 30.7 Å². The second-order valence-corrected chi connectivity index (χ2v) is 5.11. The number of benzene rings is 1. The van der Waals surface area contributed by atoms with E-state index in [-0.39, 0.29) is 17.4 Å². The van der Waals surface area contributed by atoms with Gasteiger partial charge in [-0.05, 0) is 48.0 Å². The summed E-state index contributed by atoms with van der Waals surface area (Å²) in [6.07, 6.45) is 5.10. The second-order valence-electron chi connectivity index (χ2n) is 5.11. The largest absolute Gasteiger partial charge is 0.380 e. The molecule has 3 rings (SSSR count). The lowest BCUT2D eigenvalue weighted by Gasteiger charge is -2.07. The zero-order valence-electron chi connectivity index (χ0n) is 12.7. The molecule has 120 valence electrons. The predicted molar refractivity (Wildman–Crippen MR) is 90.2 cm³/mol. The van der Waals surface area contributed by atoms with Gasteiger partial charge >= 0.3 is 0 Å². The number of hydrogen-bond acceptors (Lipinski definition) is 4. The molecule has 2 aromatic heterocycles. The molecule has 0 fully saturated rings. The molecule has 1 aromatic carbocycles. The lowest BCUT2D eigenvalue weighted by Crippen LogP contribution is -2.13. The number of carbonyl (C=O) groups is 1. The van der Waals surface area contributed by atoms with Crippen molar-refractivity contribution in [3.05, 3.63) is 84.2 Å². The topological polar surface area (TPSA) is 66.9 Å². The summed E-state index contributed by atoms with van der Waals surface area (Å²) in [6, 6.07) is 12.8. The van der Waals surface area contributed by atoms with Gasteiger partial charge in [0, 0.05) is 24.6 Å². The van der Waals surface area contributed by atoms with Crippen LogP contribution in [0.15, 0.2) is 67.1 Å². The lowest BCUT2D eigenvalue weighted by molar-refractivity contribution is 0.102. The zero-order valence-corrected chi connectivity index (χ0v) is 12.7. The van der Waals surface area contributed by atoms with Gasteiger partial charge in [0.1, 0.15) is 11.5 Å². The van der Waals surface area contributed by atoms with Crippen molar-refractivity contribution in [3.63, 3.8) is 0 Å². The van der Waals surface area contributed by atoms with Gasteiger partial charge in [-0.15, -0.1) is 0 Å². The molecule has 2 N–H and O–H groups in total. The van der Waals surface area contributed by atoms with Crippen LogP contribution in [0, 0.1) is 5.82 Å². The van der Waals surface area contributed by atoms with Crippen LogP contribution in [0.3, 0.4) is 0 Å². The van der Waals surface area contributed by atoms with Crippen LogP contribution in [0.1, 0.15) is 16.1 Å². The van der Waals surface area contributed by atoms with Crippen LogP contribution in [-0.4, -0.2) is 15.9 Å². The zero-order chi connectivity index (χ0) is 16.8. The molecule has 0 aliphatic carbocycles. The Bertz CT molecular complexity index is 805. The third-order valence-electron chi connectivity index (χ3n) is 3.32. The number of hydrogen-bond donors (Lipinski definition) is 2. The Labute approximate surface area is 138 Å². The summed E-state index contributed by atoms with van der Waals surface area (Å²) >= 11 is 0. The fourth-order valence-corrected chi connectivity index (χ4v) is 2.07. The molecule has 5 nitrogen and oxygen atoms in total. The van der Waals surface area contributed by atoms with Crippen LogP contribution in [0.5, 0.6) is 0 Å². The van der Waals surface area contributed by atoms with Crippen molar-refractivity contribution in [2.24, 2.45) is 0 Å². The van der Waals surface area contributed by atoms with Gasteiger partial charge in [0.25, 0.3) is 5.91 Å². The fraction of sp³-hybridized carbons (Fsp3) is 0.0556. The monoisotopic (exact) mass is 322 g/mol. The molecule has 6 heteroatoms.